The largest absolute Gasteiger partial charge is 0.381 e. The van der Waals surface area contributed by atoms with E-state index in [1.54, 1.807) is 0 Å². The quantitative estimate of drug-likeness (QED) is 0.891. The fourth-order valence-electron chi connectivity index (χ4n) is 2.76. The van der Waals surface area contributed by atoms with Crippen LogP contribution in [0.15, 0.2) is 0 Å². The van der Waals surface area contributed by atoms with E-state index in [-0.39, 0.29) is 5.41 Å². The average molecular weight is 272 g/mol. The Bertz CT molecular complexity index is 411. The first-order valence-electron chi connectivity index (χ1n) is 6.56. The molecular formula is C13H22ClN3O. The van der Waals surface area contributed by atoms with Crippen molar-refractivity contribution in [1.82, 2.24) is 15.1 Å². The summed E-state index contributed by atoms with van der Waals surface area (Å²) in [5.74, 6) is 0. The van der Waals surface area contributed by atoms with Crippen molar-refractivity contribution in [2.24, 2.45) is 5.41 Å². The number of aryl methyl sites for hydroxylation is 2. The van der Waals surface area contributed by atoms with Crippen LogP contribution in [0.5, 0.6) is 0 Å². The van der Waals surface area contributed by atoms with Gasteiger partial charge in [-0.05, 0) is 33.7 Å². The van der Waals surface area contributed by atoms with Gasteiger partial charge in [-0.15, -0.1) is 0 Å². The summed E-state index contributed by atoms with van der Waals surface area (Å²) in [7, 11) is 1.99. The smallest absolute Gasteiger partial charge is 0.0847 e. The molecule has 1 atom stereocenters. The number of rotatable bonds is 5. The topological polar surface area (TPSA) is 39.1 Å². The van der Waals surface area contributed by atoms with Crippen LogP contribution in [0.3, 0.4) is 0 Å². The first-order valence-corrected chi connectivity index (χ1v) is 6.94. The Labute approximate surface area is 114 Å². The number of hydrogen-bond donors (Lipinski definition) is 1. The zero-order chi connectivity index (χ0) is 13.2. The second-order valence-corrected chi connectivity index (χ2v) is 5.55. The van der Waals surface area contributed by atoms with E-state index in [0.29, 0.717) is 0 Å². The fourth-order valence-corrected chi connectivity index (χ4v) is 2.96. The molecule has 0 amide bonds. The van der Waals surface area contributed by atoms with E-state index < -0.39 is 0 Å². The first-order chi connectivity index (χ1) is 8.62. The second-order valence-electron chi connectivity index (χ2n) is 5.17. The Morgan fingerprint density at radius 3 is 2.89 bits per heavy atom. The molecule has 1 aromatic heterocycles. The van der Waals surface area contributed by atoms with Gasteiger partial charge >= 0.3 is 0 Å². The SMILES string of the molecule is CCn1nc(C)c(Cl)c1CC1(CNC)CCOC1. The van der Waals surface area contributed by atoms with Crippen molar-refractivity contribution in [2.45, 2.75) is 33.2 Å². The monoisotopic (exact) mass is 271 g/mol. The lowest BCUT2D eigenvalue weighted by Gasteiger charge is -2.27. The summed E-state index contributed by atoms with van der Waals surface area (Å²) in [5, 5.41) is 8.59. The molecule has 5 heteroatoms. The van der Waals surface area contributed by atoms with Crippen LogP contribution in [0.1, 0.15) is 24.7 Å². The second kappa shape index (κ2) is 5.59. The molecule has 4 nitrogen and oxygen atoms in total. The predicted octanol–water partition coefficient (Wildman–Crippen LogP) is 2.03. The minimum absolute atomic E-state index is 0.164. The minimum atomic E-state index is 0.164. The molecule has 0 saturated carbocycles. The highest BCUT2D eigenvalue weighted by Crippen LogP contribution is 2.35. The van der Waals surface area contributed by atoms with E-state index in [2.05, 4.69) is 17.3 Å². The van der Waals surface area contributed by atoms with E-state index in [0.717, 1.165) is 55.6 Å². The van der Waals surface area contributed by atoms with Crippen molar-refractivity contribution in [1.29, 1.82) is 0 Å². The van der Waals surface area contributed by atoms with Crippen LogP contribution in [0, 0.1) is 12.3 Å². The van der Waals surface area contributed by atoms with Gasteiger partial charge < -0.3 is 10.1 Å². The van der Waals surface area contributed by atoms with Gasteiger partial charge in [0.15, 0.2) is 0 Å². The van der Waals surface area contributed by atoms with Gasteiger partial charge in [-0.25, -0.2) is 0 Å². The summed E-state index contributed by atoms with van der Waals surface area (Å²) >= 11 is 6.39. The van der Waals surface area contributed by atoms with Gasteiger partial charge in [0, 0.05) is 25.1 Å². The summed E-state index contributed by atoms with van der Waals surface area (Å²) in [6, 6.07) is 0. The predicted molar refractivity (Wildman–Crippen MR) is 73.1 cm³/mol. The van der Waals surface area contributed by atoms with Crippen molar-refractivity contribution in [2.75, 3.05) is 26.8 Å². The van der Waals surface area contributed by atoms with E-state index in [4.69, 9.17) is 16.3 Å². The molecule has 2 rings (SSSR count). The van der Waals surface area contributed by atoms with Crippen LogP contribution >= 0.6 is 11.6 Å². The lowest BCUT2D eigenvalue weighted by molar-refractivity contribution is 0.149. The maximum absolute atomic E-state index is 6.39. The summed E-state index contributed by atoms with van der Waals surface area (Å²) in [5.41, 5.74) is 2.24. The highest BCUT2D eigenvalue weighted by atomic mass is 35.5. The molecule has 0 aromatic carbocycles. The third-order valence-corrected chi connectivity index (χ3v) is 4.22. The van der Waals surface area contributed by atoms with Gasteiger partial charge in [0.1, 0.15) is 0 Å². The Hall–Kier alpha value is -0.580. The van der Waals surface area contributed by atoms with Gasteiger partial charge in [-0.3, -0.25) is 4.68 Å². The molecular weight excluding hydrogens is 250 g/mol. The van der Waals surface area contributed by atoms with Crippen molar-refractivity contribution in [3.05, 3.63) is 16.4 Å². The number of ether oxygens (including phenoxy) is 1. The summed E-state index contributed by atoms with van der Waals surface area (Å²) < 4.78 is 7.61. The molecule has 1 N–H and O–H groups in total. The number of aromatic nitrogens is 2. The lowest BCUT2D eigenvalue weighted by Crippen LogP contribution is -2.36. The third-order valence-electron chi connectivity index (χ3n) is 3.73. The molecule has 0 spiro atoms. The fraction of sp³-hybridized carbons (Fsp3) is 0.769. The molecule has 1 aromatic rings. The van der Waals surface area contributed by atoms with Crippen LogP contribution in [0.25, 0.3) is 0 Å². The Morgan fingerprint density at radius 1 is 1.56 bits per heavy atom. The molecule has 0 radical (unpaired) electrons. The Kier molecular flexibility index (Phi) is 4.30. The molecule has 1 unspecified atom stereocenters. The Balaban J connectivity index is 2.26. The summed E-state index contributed by atoms with van der Waals surface area (Å²) in [6.45, 7) is 7.53. The number of nitrogens with one attached hydrogen (secondary N) is 1. The van der Waals surface area contributed by atoms with E-state index in [9.17, 15) is 0 Å². The zero-order valence-corrected chi connectivity index (χ0v) is 12.2. The van der Waals surface area contributed by atoms with Gasteiger partial charge in [0.2, 0.25) is 0 Å². The molecule has 1 fully saturated rings. The van der Waals surface area contributed by atoms with Crippen molar-refractivity contribution >= 4 is 11.6 Å². The highest BCUT2D eigenvalue weighted by Gasteiger charge is 2.36. The maximum Gasteiger partial charge on any atom is 0.0847 e. The maximum atomic E-state index is 6.39. The molecule has 18 heavy (non-hydrogen) atoms. The van der Waals surface area contributed by atoms with E-state index in [1.165, 1.54) is 0 Å². The normalized spacial score (nSPS) is 23.8. The lowest BCUT2D eigenvalue weighted by atomic mass is 9.82. The zero-order valence-electron chi connectivity index (χ0n) is 11.4. The van der Waals surface area contributed by atoms with Crippen LogP contribution in [-0.2, 0) is 17.7 Å². The summed E-state index contributed by atoms with van der Waals surface area (Å²) in [4.78, 5) is 0. The van der Waals surface area contributed by atoms with Gasteiger partial charge in [0.25, 0.3) is 0 Å². The van der Waals surface area contributed by atoms with E-state index >= 15 is 0 Å². The third kappa shape index (κ3) is 2.56. The standard InChI is InChI=1S/C13H22ClN3O/c1-4-17-11(12(14)10(2)16-17)7-13(8-15-3)5-6-18-9-13/h15H,4-9H2,1-3H3. The Morgan fingerprint density at radius 2 is 2.33 bits per heavy atom. The van der Waals surface area contributed by atoms with Crippen molar-refractivity contribution < 1.29 is 4.74 Å². The molecule has 1 aliphatic rings. The average Bonchev–Trinajstić information content (AvgIpc) is 2.90. The van der Waals surface area contributed by atoms with Gasteiger partial charge in [-0.1, -0.05) is 11.6 Å². The van der Waals surface area contributed by atoms with Gasteiger partial charge in [0.05, 0.1) is 23.0 Å². The van der Waals surface area contributed by atoms with Crippen LogP contribution in [-0.4, -0.2) is 36.6 Å². The number of hydrogen-bond acceptors (Lipinski definition) is 3. The minimum Gasteiger partial charge on any atom is -0.381 e. The molecule has 0 aliphatic carbocycles. The van der Waals surface area contributed by atoms with Crippen molar-refractivity contribution in [3.63, 3.8) is 0 Å². The van der Waals surface area contributed by atoms with Crippen molar-refractivity contribution in [3.8, 4) is 0 Å². The molecule has 1 aliphatic heterocycles. The number of nitrogens with zero attached hydrogens (tertiary/aromatic N) is 2. The van der Waals surface area contributed by atoms with Crippen LogP contribution in [0.2, 0.25) is 5.02 Å². The van der Waals surface area contributed by atoms with E-state index in [1.807, 2.05) is 18.7 Å². The first kappa shape index (κ1) is 13.8. The molecule has 1 saturated heterocycles. The van der Waals surface area contributed by atoms with Gasteiger partial charge in [-0.2, -0.15) is 5.10 Å². The molecule has 0 bridgehead atoms. The molecule has 2 heterocycles. The molecule has 102 valence electrons. The van der Waals surface area contributed by atoms with Crippen LogP contribution < -0.4 is 5.32 Å². The summed E-state index contributed by atoms with van der Waals surface area (Å²) in [6.07, 6.45) is 2.01. The highest BCUT2D eigenvalue weighted by molar-refractivity contribution is 6.31. The number of halogens is 1. The van der Waals surface area contributed by atoms with Crippen LogP contribution in [0.4, 0.5) is 0 Å².